The van der Waals surface area contributed by atoms with Crippen LogP contribution in [0.1, 0.15) is 23.2 Å². The first kappa shape index (κ1) is 17.4. The minimum atomic E-state index is -3.75. The summed E-state index contributed by atoms with van der Waals surface area (Å²) in [6.07, 6.45) is -2.67. The van der Waals surface area contributed by atoms with E-state index in [1.807, 2.05) is 0 Å². The fourth-order valence-corrected chi connectivity index (χ4v) is 3.34. The monoisotopic (exact) mass is 356 g/mol. The molecule has 0 bridgehead atoms. The normalized spacial score (nSPS) is 23.6. The number of hydrogen-bond acceptors (Lipinski definition) is 5. The fraction of sp³-hybridized carbons (Fsp3) is 0.500. The van der Waals surface area contributed by atoms with Crippen molar-refractivity contribution >= 4 is 11.8 Å². The lowest BCUT2D eigenvalue weighted by Crippen LogP contribution is -2.59. The molecule has 2 aliphatic rings. The second-order valence-corrected chi connectivity index (χ2v) is 5.93. The third kappa shape index (κ3) is 2.88. The van der Waals surface area contributed by atoms with Gasteiger partial charge in [0.1, 0.15) is 5.54 Å². The average Bonchev–Trinajstić information content (AvgIpc) is 3.12. The number of ether oxygens (including phenoxy) is 3. The predicted molar refractivity (Wildman–Crippen MR) is 81.6 cm³/mol. The molecule has 3 rings (SSSR count). The van der Waals surface area contributed by atoms with E-state index < -0.39 is 17.7 Å². The summed E-state index contributed by atoms with van der Waals surface area (Å²) >= 11 is 0. The number of benzene rings is 1. The molecule has 2 aliphatic heterocycles. The quantitative estimate of drug-likeness (QED) is 0.882. The fourth-order valence-electron chi connectivity index (χ4n) is 3.34. The minimum Gasteiger partial charge on any atom is -0.395 e. The number of amides is 2. The Hall–Kier alpha value is -2.42. The SMILES string of the molecule is CNC(=O)C1(COC)CCCN1C(=O)c1ccc2c(c1)OC(F)(F)O2. The van der Waals surface area contributed by atoms with E-state index in [1.165, 1.54) is 37.3 Å². The van der Waals surface area contributed by atoms with Crippen molar-refractivity contribution in [3.05, 3.63) is 23.8 Å². The van der Waals surface area contributed by atoms with Gasteiger partial charge in [-0.15, -0.1) is 8.78 Å². The van der Waals surface area contributed by atoms with E-state index in [9.17, 15) is 18.4 Å². The van der Waals surface area contributed by atoms with Crippen molar-refractivity contribution in [1.29, 1.82) is 0 Å². The second kappa shape index (κ2) is 6.14. The molecule has 136 valence electrons. The van der Waals surface area contributed by atoms with Crippen LogP contribution in [0.5, 0.6) is 11.5 Å². The molecular weight excluding hydrogens is 338 g/mol. The van der Waals surface area contributed by atoms with E-state index >= 15 is 0 Å². The Morgan fingerprint density at radius 1 is 1.32 bits per heavy atom. The Labute approximate surface area is 142 Å². The van der Waals surface area contributed by atoms with E-state index in [2.05, 4.69) is 14.8 Å². The Morgan fingerprint density at radius 2 is 2.04 bits per heavy atom. The van der Waals surface area contributed by atoms with E-state index in [0.717, 1.165) is 0 Å². The average molecular weight is 356 g/mol. The van der Waals surface area contributed by atoms with Gasteiger partial charge in [-0.2, -0.15) is 0 Å². The van der Waals surface area contributed by atoms with Crippen LogP contribution in [0.4, 0.5) is 8.78 Å². The third-order valence-electron chi connectivity index (χ3n) is 4.41. The van der Waals surface area contributed by atoms with Crippen molar-refractivity contribution in [2.45, 2.75) is 24.7 Å². The number of carbonyl (C=O) groups is 2. The standard InChI is InChI=1S/C16H18F2N2O5/c1-19-14(22)15(9-23-2)6-3-7-20(15)13(21)10-4-5-11-12(8-10)25-16(17,18)24-11/h4-5,8H,3,6-7,9H2,1-2H3,(H,19,22). The lowest BCUT2D eigenvalue weighted by atomic mass is 9.95. The summed E-state index contributed by atoms with van der Waals surface area (Å²) in [5.74, 6) is -1.14. The molecule has 2 amide bonds. The van der Waals surface area contributed by atoms with Gasteiger partial charge in [0.05, 0.1) is 6.61 Å². The maximum absolute atomic E-state index is 13.1. The Balaban J connectivity index is 1.91. The molecule has 0 radical (unpaired) electrons. The first-order chi connectivity index (χ1) is 11.8. The van der Waals surface area contributed by atoms with Crippen molar-refractivity contribution in [2.24, 2.45) is 0 Å². The van der Waals surface area contributed by atoms with Gasteiger partial charge in [0, 0.05) is 26.3 Å². The molecule has 2 heterocycles. The molecule has 0 aliphatic carbocycles. The topological polar surface area (TPSA) is 77.1 Å². The highest BCUT2D eigenvalue weighted by molar-refractivity contribution is 6.00. The number of nitrogens with one attached hydrogen (secondary N) is 1. The van der Waals surface area contributed by atoms with Crippen LogP contribution >= 0.6 is 0 Å². The predicted octanol–water partition coefficient (Wildman–Crippen LogP) is 1.38. The summed E-state index contributed by atoms with van der Waals surface area (Å²) in [6, 6.07) is 3.81. The number of likely N-dealkylation sites (N-methyl/N-ethyl adjacent to an activating group) is 1. The number of methoxy groups -OCH3 is 1. The molecule has 0 spiro atoms. The van der Waals surface area contributed by atoms with Gasteiger partial charge in [0.25, 0.3) is 5.91 Å². The van der Waals surface area contributed by atoms with E-state index in [4.69, 9.17) is 4.74 Å². The number of alkyl halides is 2. The van der Waals surface area contributed by atoms with E-state index in [0.29, 0.717) is 19.4 Å². The number of carbonyl (C=O) groups excluding carboxylic acids is 2. The minimum absolute atomic E-state index is 0.0427. The van der Waals surface area contributed by atoms with Gasteiger partial charge >= 0.3 is 6.29 Å². The van der Waals surface area contributed by atoms with Gasteiger partial charge in [-0.1, -0.05) is 0 Å². The molecule has 1 unspecified atom stereocenters. The summed E-state index contributed by atoms with van der Waals surface area (Å²) in [5.41, 5.74) is -0.993. The first-order valence-corrected chi connectivity index (χ1v) is 7.76. The van der Waals surface area contributed by atoms with Gasteiger partial charge in [-0.05, 0) is 31.0 Å². The smallest absolute Gasteiger partial charge is 0.395 e. The summed E-state index contributed by atoms with van der Waals surface area (Å²) in [4.78, 5) is 26.8. The van der Waals surface area contributed by atoms with Crippen LogP contribution < -0.4 is 14.8 Å². The Kier molecular flexibility index (Phi) is 4.28. The number of fused-ring (bicyclic) bond motifs is 1. The summed E-state index contributed by atoms with van der Waals surface area (Å²) in [6.45, 7) is 0.404. The first-order valence-electron chi connectivity index (χ1n) is 7.76. The van der Waals surface area contributed by atoms with Gasteiger partial charge in [-0.25, -0.2) is 0 Å². The number of likely N-dealkylation sites (tertiary alicyclic amines) is 1. The largest absolute Gasteiger partial charge is 0.586 e. The van der Waals surface area contributed by atoms with Crippen molar-refractivity contribution in [1.82, 2.24) is 10.2 Å². The molecule has 7 nitrogen and oxygen atoms in total. The van der Waals surface area contributed by atoms with Crippen molar-refractivity contribution in [2.75, 3.05) is 27.3 Å². The molecule has 1 aromatic carbocycles. The Morgan fingerprint density at radius 3 is 2.72 bits per heavy atom. The van der Waals surface area contributed by atoms with E-state index in [-0.39, 0.29) is 29.6 Å². The van der Waals surface area contributed by atoms with Crippen LogP contribution in [0.2, 0.25) is 0 Å². The van der Waals surface area contributed by atoms with Crippen molar-refractivity contribution in [3.63, 3.8) is 0 Å². The van der Waals surface area contributed by atoms with Gasteiger partial charge in [0.15, 0.2) is 11.5 Å². The maximum Gasteiger partial charge on any atom is 0.586 e. The van der Waals surface area contributed by atoms with E-state index in [1.54, 1.807) is 0 Å². The molecular formula is C16H18F2N2O5. The molecule has 25 heavy (non-hydrogen) atoms. The molecule has 1 fully saturated rings. The summed E-state index contributed by atoms with van der Waals surface area (Å²) < 4.78 is 40.2. The lowest BCUT2D eigenvalue weighted by Gasteiger charge is -2.36. The van der Waals surface area contributed by atoms with Gasteiger partial charge in [0.2, 0.25) is 5.91 Å². The highest BCUT2D eigenvalue weighted by Crippen LogP contribution is 2.42. The number of halogens is 2. The van der Waals surface area contributed by atoms with Crippen LogP contribution in [-0.2, 0) is 9.53 Å². The zero-order valence-electron chi connectivity index (χ0n) is 13.8. The summed E-state index contributed by atoms with van der Waals surface area (Å²) in [5, 5.41) is 2.56. The second-order valence-electron chi connectivity index (χ2n) is 5.93. The zero-order chi connectivity index (χ0) is 18.2. The molecule has 0 saturated carbocycles. The van der Waals surface area contributed by atoms with Crippen LogP contribution in [0.15, 0.2) is 18.2 Å². The molecule has 9 heteroatoms. The molecule has 1 N–H and O–H groups in total. The number of hydrogen-bond donors (Lipinski definition) is 1. The highest BCUT2D eigenvalue weighted by atomic mass is 19.3. The van der Waals surface area contributed by atoms with Crippen molar-refractivity contribution < 1.29 is 32.6 Å². The van der Waals surface area contributed by atoms with Crippen LogP contribution in [0, 0.1) is 0 Å². The zero-order valence-corrected chi connectivity index (χ0v) is 13.8. The van der Waals surface area contributed by atoms with Crippen LogP contribution in [0.3, 0.4) is 0 Å². The highest BCUT2D eigenvalue weighted by Gasteiger charge is 2.50. The molecule has 0 aromatic heterocycles. The maximum atomic E-state index is 13.1. The lowest BCUT2D eigenvalue weighted by molar-refractivity contribution is -0.286. The Bertz CT molecular complexity index is 712. The van der Waals surface area contributed by atoms with Gasteiger partial charge < -0.3 is 24.4 Å². The van der Waals surface area contributed by atoms with Gasteiger partial charge in [-0.3, -0.25) is 9.59 Å². The van der Waals surface area contributed by atoms with Crippen molar-refractivity contribution in [3.8, 4) is 11.5 Å². The number of rotatable bonds is 4. The number of nitrogens with zero attached hydrogens (tertiary/aromatic N) is 1. The third-order valence-corrected chi connectivity index (χ3v) is 4.41. The molecule has 1 saturated heterocycles. The van der Waals surface area contributed by atoms with Crippen LogP contribution in [0.25, 0.3) is 0 Å². The summed E-state index contributed by atoms with van der Waals surface area (Å²) in [7, 11) is 2.94. The van der Waals surface area contributed by atoms with Crippen LogP contribution in [-0.4, -0.2) is 55.9 Å². The molecule has 1 atom stereocenters. The molecule has 1 aromatic rings.